The van der Waals surface area contributed by atoms with Crippen LogP contribution in [0, 0.1) is 5.92 Å². The van der Waals surface area contributed by atoms with Crippen molar-refractivity contribution in [3.8, 4) is 0 Å². The lowest BCUT2D eigenvalue weighted by Gasteiger charge is -2.20. The molecule has 0 aliphatic heterocycles. The van der Waals surface area contributed by atoms with E-state index < -0.39 is 0 Å². The quantitative estimate of drug-likeness (QED) is 0.560. The van der Waals surface area contributed by atoms with Gasteiger partial charge in [-0.3, -0.25) is 4.79 Å². The van der Waals surface area contributed by atoms with Crippen LogP contribution in [-0.2, 0) is 4.79 Å². The van der Waals surface area contributed by atoms with Gasteiger partial charge < -0.3 is 5.11 Å². The van der Waals surface area contributed by atoms with Crippen LogP contribution in [0.25, 0.3) is 0 Å². The van der Waals surface area contributed by atoms with E-state index in [9.17, 15) is 9.90 Å². The fourth-order valence-corrected chi connectivity index (χ4v) is 1.83. The molecule has 2 aliphatic rings. The van der Waals surface area contributed by atoms with E-state index in [0.29, 0.717) is 12.0 Å². The van der Waals surface area contributed by atoms with Crippen molar-refractivity contribution >= 4 is 5.78 Å². The predicted octanol–water partition coefficient (Wildman–Crippen LogP) is 1.10. The van der Waals surface area contributed by atoms with Gasteiger partial charge in [0.05, 0.1) is 0 Å². The first kappa shape index (κ1) is 8.30. The van der Waals surface area contributed by atoms with Gasteiger partial charge in [-0.25, -0.2) is 0 Å². The fraction of sp³-hybridized carbons (Fsp3) is 0.364. The largest absolute Gasteiger partial charge is 0.875 e. The van der Waals surface area contributed by atoms with Crippen LogP contribution >= 0.6 is 0 Å². The summed E-state index contributed by atoms with van der Waals surface area (Å²) >= 11 is 0. The highest BCUT2D eigenvalue weighted by Gasteiger charge is 2.24. The Bertz CT molecular complexity index is 307. The van der Waals surface area contributed by atoms with Crippen LogP contribution in [0.5, 0.6) is 0 Å². The topological polar surface area (TPSA) is 40.1 Å². The number of hydrogen-bond donors (Lipinski definition) is 0. The van der Waals surface area contributed by atoms with Crippen LogP contribution in [0.4, 0.5) is 0 Å². The van der Waals surface area contributed by atoms with Gasteiger partial charge in [-0.05, 0) is 18.4 Å². The van der Waals surface area contributed by atoms with Crippen LogP contribution in [-0.4, -0.2) is 5.78 Å². The average Bonchev–Trinajstić information content (AvgIpc) is 2.72. The van der Waals surface area contributed by atoms with Crippen molar-refractivity contribution in [2.45, 2.75) is 19.3 Å². The second-order valence-corrected chi connectivity index (χ2v) is 3.45. The van der Waals surface area contributed by atoms with Crippen molar-refractivity contribution in [3.63, 3.8) is 0 Å². The first-order chi connectivity index (χ1) is 6.29. The first-order valence-electron chi connectivity index (χ1n) is 4.57. The maximum atomic E-state index is 11.7. The summed E-state index contributed by atoms with van der Waals surface area (Å²) in [7, 11) is 0. The molecule has 0 saturated heterocycles. The Kier molecular flexibility index (Phi) is 2.05. The van der Waals surface area contributed by atoms with Crippen LogP contribution in [0.2, 0.25) is 0 Å². The summed E-state index contributed by atoms with van der Waals surface area (Å²) in [4.78, 5) is 11.3. The highest BCUT2D eigenvalue weighted by atomic mass is 16.3. The van der Waals surface area contributed by atoms with E-state index in [1.165, 1.54) is 0 Å². The van der Waals surface area contributed by atoms with E-state index >= 15 is 0 Å². The Morgan fingerprint density at radius 2 is 2.08 bits per heavy atom. The number of allylic oxidation sites excluding steroid dienone is 6. The van der Waals surface area contributed by atoms with Crippen molar-refractivity contribution in [1.29, 1.82) is 0 Å². The minimum absolute atomic E-state index is 0.00694. The van der Waals surface area contributed by atoms with Gasteiger partial charge in [-0.2, -0.15) is 0 Å². The van der Waals surface area contributed by atoms with E-state index in [1.807, 2.05) is 12.2 Å². The van der Waals surface area contributed by atoms with Crippen molar-refractivity contribution < 1.29 is 9.90 Å². The summed E-state index contributed by atoms with van der Waals surface area (Å²) in [6.07, 6.45) is 9.39. The van der Waals surface area contributed by atoms with Crippen molar-refractivity contribution in [2.24, 2.45) is 5.92 Å². The van der Waals surface area contributed by atoms with E-state index in [-0.39, 0.29) is 17.5 Å². The van der Waals surface area contributed by atoms with Crippen molar-refractivity contribution in [2.75, 3.05) is 0 Å². The van der Waals surface area contributed by atoms with E-state index in [0.717, 1.165) is 12.8 Å². The number of hydrogen-bond acceptors (Lipinski definition) is 2. The summed E-state index contributed by atoms with van der Waals surface area (Å²) in [6, 6.07) is 0. The third kappa shape index (κ3) is 1.44. The molecule has 0 aromatic heterocycles. The Balaban J connectivity index is 2.25. The van der Waals surface area contributed by atoms with Gasteiger partial charge >= 0.3 is 0 Å². The van der Waals surface area contributed by atoms with E-state index in [1.54, 1.807) is 12.2 Å². The van der Waals surface area contributed by atoms with Gasteiger partial charge in [-0.1, -0.05) is 24.3 Å². The lowest BCUT2D eigenvalue weighted by molar-refractivity contribution is -0.313. The van der Waals surface area contributed by atoms with Crippen LogP contribution < -0.4 is 5.11 Å². The minimum Gasteiger partial charge on any atom is -0.875 e. The molecular formula is C11H11O2-. The molecule has 0 radical (unpaired) electrons. The minimum atomic E-state index is -0.345. The molecule has 0 bridgehead atoms. The molecule has 2 rings (SSSR count). The Morgan fingerprint density at radius 1 is 1.38 bits per heavy atom. The fourth-order valence-electron chi connectivity index (χ4n) is 1.83. The van der Waals surface area contributed by atoms with Gasteiger partial charge in [0.15, 0.2) is 0 Å². The number of ketones is 1. The van der Waals surface area contributed by atoms with Gasteiger partial charge in [0.25, 0.3) is 0 Å². The Hall–Kier alpha value is -1.31. The summed E-state index contributed by atoms with van der Waals surface area (Å²) in [5, 5.41) is 11.7. The van der Waals surface area contributed by atoms with Gasteiger partial charge in [-0.15, -0.1) is 5.76 Å². The molecule has 2 aliphatic carbocycles. The standard InChI is InChI=1S/C11H12O2/c12-10-7-3-6-9(10)11(13)8-4-1-2-5-8/h1-2,4-5,9,13H,3,6-7H2/p-1. The molecule has 1 fully saturated rings. The van der Waals surface area contributed by atoms with Gasteiger partial charge in [0.1, 0.15) is 5.78 Å². The molecule has 2 heteroatoms. The van der Waals surface area contributed by atoms with Gasteiger partial charge in [0, 0.05) is 12.3 Å². The number of carbonyl (C=O) groups excluding carboxylic acids is 1. The zero-order valence-electron chi connectivity index (χ0n) is 7.32. The molecule has 2 nitrogen and oxygen atoms in total. The molecular weight excluding hydrogens is 164 g/mol. The SMILES string of the molecule is O=C1CCCC1C([O-])=C1C=CC=C1. The van der Waals surface area contributed by atoms with Crippen LogP contribution in [0.3, 0.4) is 0 Å². The van der Waals surface area contributed by atoms with E-state index in [2.05, 4.69) is 0 Å². The summed E-state index contributed by atoms with van der Waals surface area (Å²) in [6.45, 7) is 0. The van der Waals surface area contributed by atoms with Crippen molar-refractivity contribution in [3.05, 3.63) is 35.6 Å². The molecule has 68 valence electrons. The molecule has 0 spiro atoms. The highest BCUT2D eigenvalue weighted by molar-refractivity contribution is 5.85. The zero-order valence-corrected chi connectivity index (χ0v) is 7.32. The molecule has 0 aromatic rings. The second kappa shape index (κ2) is 3.21. The first-order valence-corrected chi connectivity index (χ1v) is 4.57. The predicted molar refractivity (Wildman–Crippen MR) is 47.7 cm³/mol. The third-order valence-corrected chi connectivity index (χ3v) is 2.57. The molecule has 1 atom stereocenters. The highest BCUT2D eigenvalue weighted by Crippen LogP contribution is 2.28. The number of rotatable bonds is 1. The maximum Gasteiger partial charge on any atom is 0.139 e. The van der Waals surface area contributed by atoms with Crippen molar-refractivity contribution in [1.82, 2.24) is 0 Å². The lowest BCUT2D eigenvalue weighted by atomic mass is 10.0. The Morgan fingerprint density at radius 3 is 2.62 bits per heavy atom. The average molecular weight is 175 g/mol. The van der Waals surface area contributed by atoms with Crippen LogP contribution in [0.1, 0.15) is 19.3 Å². The van der Waals surface area contributed by atoms with Crippen LogP contribution in [0.15, 0.2) is 35.6 Å². The molecule has 1 saturated carbocycles. The molecule has 0 aromatic carbocycles. The lowest BCUT2D eigenvalue weighted by Crippen LogP contribution is -2.20. The Labute approximate surface area is 77.3 Å². The number of carbonyl (C=O) groups is 1. The maximum absolute atomic E-state index is 11.7. The van der Waals surface area contributed by atoms with Gasteiger partial charge in [0.2, 0.25) is 0 Å². The number of Topliss-reactive ketones (excluding diaryl/α,β-unsaturated/α-hetero) is 1. The summed E-state index contributed by atoms with van der Waals surface area (Å²) < 4.78 is 0. The zero-order chi connectivity index (χ0) is 9.26. The summed E-state index contributed by atoms with van der Waals surface area (Å²) in [5.74, 6) is -0.221. The molecule has 0 amide bonds. The monoisotopic (exact) mass is 175 g/mol. The second-order valence-electron chi connectivity index (χ2n) is 3.45. The third-order valence-electron chi connectivity index (χ3n) is 2.57. The molecule has 1 unspecified atom stereocenters. The summed E-state index contributed by atoms with van der Waals surface area (Å²) in [5.41, 5.74) is 0.681. The molecule has 13 heavy (non-hydrogen) atoms. The molecule has 0 N–H and O–H groups in total. The normalized spacial score (nSPS) is 26.0. The smallest absolute Gasteiger partial charge is 0.139 e. The molecule has 0 heterocycles. The van der Waals surface area contributed by atoms with E-state index in [4.69, 9.17) is 0 Å².